The molecule has 0 radical (unpaired) electrons. The Bertz CT molecular complexity index is 482. The molecule has 0 saturated carbocycles. The first-order valence-electron chi connectivity index (χ1n) is 5.88. The molecule has 2 aliphatic rings. The van der Waals surface area contributed by atoms with Gasteiger partial charge in [0.2, 0.25) is 0 Å². The number of fused-ring (bicyclic) bond motifs is 3. The van der Waals surface area contributed by atoms with Crippen molar-refractivity contribution >= 4 is 5.57 Å². The second-order valence-electron chi connectivity index (χ2n) is 4.63. The molecule has 0 fully saturated rings. The summed E-state index contributed by atoms with van der Waals surface area (Å²) in [4.78, 5) is 0. The topological polar surface area (TPSA) is 38.1 Å². The third-order valence-corrected chi connectivity index (χ3v) is 3.25. The minimum absolute atomic E-state index is 0.404. The number of nitrogens with zero attached hydrogens (tertiary/aromatic N) is 1. The molecule has 1 unspecified atom stereocenters. The highest BCUT2D eigenvalue weighted by atomic mass is 16.5. The lowest BCUT2D eigenvalue weighted by Crippen LogP contribution is -2.26. The maximum atomic E-state index is 5.43. The van der Waals surface area contributed by atoms with Gasteiger partial charge in [-0.15, -0.1) is 0 Å². The molecule has 1 aromatic heterocycles. The summed E-state index contributed by atoms with van der Waals surface area (Å²) in [6, 6.07) is 0.404. The molecule has 0 bridgehead atoms. The number of hydrogen-bond donors (Lipinski definition) is 1. The Balaban J connectivity index is 2.18. The largest absolute Gasteiger partial charge is 0.382 e. The van der Waals surface area contributed by atoms with Crippen molar-refractivity contribution in [2.45, 2.75) is 39.2 Å². The second-order valence-corrected chi connectivity index (χ2v) is 4.63. The molecular formula is C13H16N2O. The van der Waals surface area contributed by atoms with Crippen LogP contribution < -0.4 is 5.32 Å². The first-order valence-corrected chi connectivity index (χ1v) is 5.88. The molecule has 1 aromatic rings. The van der Waals surface area contributed by atoms with E-state index in [9.17, 15) is 0 Å². The molecule has 2 heterocycles. The standard InChI is InChI=1S/C13H16N2O/c1-8-7-12-13(9(2)15-16-12)10-5-3-4-6-11(10)14-8/h5-6,8,14H,3-4,7H2,1-2H3. The lowest BCUT2D eigenvalue weighted by atomic mass is 9.95. The molecule has 3 nitrogen and oxygen atoms in total. The molecule has 1 aliphatic heterocycles. The van der Waals surface area contributed by atoms with Crippen molar-refractivity contribution in [1.82, 2.24) is 10.5 Å². The minimum atomic E-state index is 0.404. The van der Waals surface area contributed by atoms with Crippen LogP contribution in [0.15, 0.2) is 22.4 Å². The van der Waals surface area contributed by atoms with E-state index in [0.717, 1.165) is 30.7 Å². The highest BCUT2D eigenvalue weighted by Crippen LogP contribution is 2.34. The van der Waals surface area contributed by atoms with Gasteiger partial charge in [0.25, 0.3) is 0 Å². The predicted octanol–water partition coefficient (Wildman–Crippen LogP) is 2.58. The van der Waals surface area contributed by atoms with Gasteiger partial charge in [-0.1, -0.05) is 17.3 Å². The van der Waals surface area contributed by atoms with Crippen molar-refractivity contribution < 1.29 is 4.52 Å². The molecule has 16 heavy (non-hydrogen) atoms. The van der Waals surface area contributed by atoms with Crippen LogP contribution in [0.4, 0.5) is 0 Å². The fraction of sp³-hybridized carbons (Fsp3) is 0.462. The maximum Gasteiger partial charge on any atom is 0.146 e. The van der Waals surface area contributed by atoms with Crippen molar-refractivity contribution in [2.75, 3.05) is 0 Å². The highest BCUT2D eigenvalue weighted by Gasteiger charge is 2.26. The van der Waals surface area contributed by atoms with Crippen LogP contribution in [0.25, 0.3) is 5.57 Å². The molecule has 1 atom stereocenters. The quantitative estimate of drug-likeness (QED) is 0.724. The van der Waals surface area contributed by atoms with E-state index in [-0.39, 0.29) is 0 Å². The molecular weight excluding hydrogens is 200 g/mol. The van der Waals surface area contributed by atoms with Gasteiger partial charge in [0.1, 0.15) is 5.76 Å². The van der Waals surface area contributed by atoms with Crippen LogP contribution in [0.5, 0.6) is 0 Å². The van der Waals surface area contributed by atoms with E-state index in [0.29, 0.717) is 6.04 Å². The number of rotatable bonds is 0. The summed E-state index contributed by atoms with van der Waals surface area (Å²) >= 11 is 0. The van der Waals surface area contributed by atoms with E-state index in [1.807, 2.05) is 6.92 Å². The van der Waals surface area contributed by atoms with Gasteiger partial charge >= 0.3 is 0 Å². The van der Waals surface area contributed by atoms with Gasteiger partial charge in [0, 0.05) is 29.3 Å². The fourth-order valence-corrected chi connectivity index (χ4v) is 2.54. The zero-order chi connectivity index (χ0) is 11.1. The molecule has 0 saturated heterocycles. The van der Waals surface area contributed by atoms with Gasteiger partial charge in [-0.25, -0.2) is 0 Å². The molecule has 1 aliphatic carbocycles. The molecule has 1 N–H and O–H groups in total. The van der Waals surface area contributed by atoms with Crippen LogP contribution in [-0.2, 0) is 6.42 Å². The van der Waals surface area contributed by atoms with Gasteiger partial charge in [-0.2, -0.15) is 0 Å². The third kappa shape index (κ3) is 1.39. The lowest BCUT2D eigenvalue weighted by molar-refractivity contribution is 0.369. The highest BCUT2D eigenvalue weighted by molar-refractivity contribution is 5.82. The van der Waals surface area contributed by atoms with Crippen molar-refractivity contribution in [3.63, 3.8) is 0 Å². The fourth-order valence-electron chi connectivity index (χ4n) is 2.54. The van der Waals surface area contributed by atoms with Gasteiger partial charge in [0.15, 0.2) is 0 Å². The van der Waals surface area contributed by atoms with Crippen molar-refractivity contribution in [1.29, 1.82) is 0 Å². The summed E-state index contributed by atoms with van der Waals surface area (Å²) < 4.78 is 5.43. The SMILES string of the molecule is Cc1noc2c1C1=CCCC=C1NC(C)C2. The molecule has 3 rings (SSSR count). The van der Waals surface area contributed by atoms with Gasteiger partial charge < -0.3 is 9.84 Å². The van der Waals surface area contributed by atoms with E-state index >= 15 is 0 Å². The summed E-state index contributed by atoms with van der Waals surface area (Å²) in [6.45, 7) is 4.20. The van der Waals surface area contributed by atoms with Crippen LogP contribution in [0.2, 0.25) is 0 Å². The Morgan fingerprint density at radius 3 is 3.06 bits per heavy atom. The Kier molecular flexibility index (Phi) is 2.13. The normalized spacial score (nSPS) is 23.5. The van der Waals surface area contributed by atoms with Crippen LogP contribution in [0.1, 0.15) is 36.8 Å². The van der Waals surface area contributed by atoms with Crippen LogP contribution in [0.3, 0.4) is 0 Å². The molecule has 84 valence electrons. The molecule has 0 amide bonds. The van der Waals surface area contributed by atoms with Crippen molar-refractivity contribution in [3.05, 3.63) is 34.9 Å². The Morgan fingerprint density at radius 1 is 1.38 bits per heavy atom. The van der Waals surface area contributed by atoms with Crippen molar-refractivity contribution in [2.24, 2.45) is 0 Å². The predicted molar refractivity (Wildman–Crippen MR) is 62.8 cm³/mol. The summed E-state index contributed by atoms with van der Waals surface area (Å²) in [5.41, 5.74) is 4.75. The number of allylic oxidation sites excluding steroid dienone is 3. The average Bonchev–Trinajstić information content (AvgIpc) is 2.55. The number of hydrogen-bond acceptors (Lipinski definition) is 3. The van der Waals surface area contributed by atoms with E-state index < -0.39 is 0 Å². The average molecular weight is 216 g/mol. The first kappa shape index (κ1) is 9.70. The summed E-state index contributed by atoms with van der Waals surface area (Å²) in [5.74, 6) is 1.02. The molecule has 0 spiro atoms. The van der Waals surface area contributed by atoms with Gasteiger partial charge in [-0.05, 0) is 26.7 Å². The summed E-state index contributed by atoms with van der Waals surface area (Å²) in [5, 5.41) is 7.64. The Hall–Kier alpha value is -1.51. The summed E-state index contributed by atoms with van der Waals surface area (Å²) in [6.07, 6.45) is 7.72. The van der Waals surface area contributed by atoms with Crippen LogP contribution >= 0.6 is 0 Å². The van der Waals surface area contributed by atoms with E-state index in [1.54, 1.807) is 0 Å². The van der Waals surface area contributed by atoms with Crippen LogP contribution in [-0.4, -0.2) is 11.2 Å². The minimum Gasteiger partial charge on any atom is -0.382 e. The number of aryl methyl sites for hydroxylation is 1. The number of nitrogens with one attached hydrogen (secondary N) is 1. The lowest BCUT2D eigenvalue weighted by Gasteiger charge is -2.18. The van der Waals surface area contributed by atoms with Gasteiger partial charge in [-0.3, -0.25) is 0 Å². The zero-order valence-electron chi connectivity index (χ0n) is 9.71. The summed E-state index contributed by atoms with van der Waals surface area (Å²) in [7, 11) is 0. The van der Waals surface area contributed by atoms with Crippen LogP contribution in [0, 0.1) is 6.92 Å². The van der Waals surface area contributed by atoms with Gasteiger partial charge in [0.05, 0.1) is 5.69 Å². The molecule has 0 aromatic carbocycles. The maximum absolute atomic E-state index is 5.43. The van der Waals surface area contributed by atoms with E-state index in [1.165, 1.54) is 16.8 Å². The van der Waals surface area contributed by atoms with Crippen molar-refractivity contribution in [3.8, 4) is 0 Å². The zero-order valence-corrected chi connectivity index (χ0v) is 9.71. The Labute approximate surface area is 95.2 Å². The third-order valence-electron chi connectivity index (χ3n) is 3.25. The Morgan fingerprint density at radius 2 is 2.19 bits per heavy atom. The molecule has 3 heteroatoms. The number of aromatic nitrogens is 1. The smallest absolute Gasteiger partial charge is 0.146 e. The van der Waals surface area contributed by atoms with E-state index in [4.69, 9.17) is 4.52 Å². The van der Waals surface area contributed by atoms with E-state index in [2.05, 4.69) is 29.5 Å². The monoisotopic (exact) mass is 216 g/mol. The first-order chi connectivity index (χ1) is 7.75. The second kappa shape index (κ2) is 3.51.